The molecule has 1 unspecified atom stereocenters. The second kappa shape index (κ2) is 10.7. The number of amides is 1. The van der Waals surface area contributed by atoms with E-state index in [0.29, 0.717) is 19.5 Å². The third-order valence-corrected chi connectivity index (χ3v) is 8.14. The van der Waals surface area contributed by atoms with Crippen molar-refractivity contribution in [3.63, 3.8) is 0 Å². The minimum absolute atomic E-state index is 0.0993. The van der Waals surface area contributed by atoms with Crippen LogP contribution in [-0.4, -0.2) is 38.8 Å². The van der Waals surface area contributed by atoms with Gasteiger partial charge < -0.3 is 10.1 Å². The molecular formula is C24H31ClN2O4S. The van der Waals surface area contributed by atoms with Crippen molar-refractivity contribution in [2.45, 2.75) is 56.9 Å². The molecular weight excluding hydrogens is 448 g/mol. The van der Waals surface area contributed by atoms with Crippen LogP contribution in [0.1, 0.15) is 66.6 Å². The van der Waals surface area contributed by atoms with Crippen LogP contribution < -0.4 is 10.1 Å². The van der Waals surface area contributed by atoms with Crippen molar-refractivity contribution in [3.8, 4) is 5.75 Å². The lowest BCUT2D eigenvalue weighted by Gasteiger charge is -2.21. The summed E-state index contributed by atoms with van der Waals surface area (Å²) in [6.45, 7) is 4.93. The zero-order valence-corrected chi connectivity index (χ0v) is 20.4. The van der Waals surface area contributed by atoms with Crippen molar-refractivity contribution in [1.29, 1.82) is 0 Å². The lowest BCUT2D eigenvalue weighted by atomic mass is 10.0. The number of aryl methyl sites for hydroxylation is 1. The number of carbonyl (C=O) groups excluding carboxylic acids is 1. The maximum Gasteiger partial charge on any atom is 0.253 e. The number of rotatable bonds is 7. The van der Waals surface area contributed by atoms with Crippen molar-refractivity contribution in [1.82, 2.24) is 9.62 Å². The fraction of sp³-hybridized carbons (Fsp3) is 0.458. The summed E-state index contributed by atoms with van der Waals surface area (Å²) in [5, 5.41) is 3.22. The van der Waals surface area contributed by atoms with Crippen LogP contribution in [0.15, 0.2) is 41.3 Å². The first-order valence-electron chi connectivity index (χ1n) is 11.0. The second-order valence-electron chi connectivity index (χ2n) is 8.12. The first kappa shape index (κ1) is 24.6. The number of ether oxygens (including phenoxy) is 1. The number of nitrogens with zero attached hydrogens (tertiary/aromatic N) is 1. The molecule has 6 nitrogen and oxygen atoms in total. The SMILES string of the molecule is CCC(NC(=O)c1cc(S(=O)(=O)N2CCCCCC2)ccc1Cl)c1ccc(OC)c(C)c1. The Bertz CT molecular complexity index is 1060. The topological polar surface area (TPSA) is 75.7 Å². The summed E-state index contributed by atoms with van der Waals surface area (Å²) < 4.78 is 33.2. The minimum atomic E-state index is -3.68. The number of sulfonamides is 1. The van der Waals surface area contributed by atoms with Gasteiger partial charge in [0.05, 0.1) is 28.6 Å². The van der Waals surface area contributed by atoms with Crippen LogP contribution in [-0.2, 0) is 10.0 Å². The van der Waals surface area contributed by atoms with E-state index in [4.69, 9.17) is 16.3 Å². The number of benzene rings is 2. The molecule has 0 spiro atoms. The molecule has 1 saturated heterocycles. The molecule has 1 heterocycles. The van der Waals surface area contributed by atoms with Gasteiger partial charge in [-0.25, -0.2) is 8.42 Å². The average Bonchev–Trinajstić information content (AvgIpc) is 3.07. The number of nitrogens with one attached hydrogen (secondary N) is 1. The Balaban J connectivity index is 1.85. The molecule has 2 aromatic carbocycles. The van der Waals surface area contributed by atoms with E-state index in [1.165, 1.54) is 22.5 Å². The molecule has 32 heavy (non-hydrogen) atoms. The smallest absolute Gasteiger partial charge is 0.253 e. The summed E-state index contributed by atoms with van der Waals surface area (Å²) in [5.74, 6) is 0.382. The van der Waals surface area contributed by atoms with Crippen LogP contribution in [0, 0.1) is 6.92 Å². The fourth-order valence-electron chi connectivity index (χ4n) is 4.05. The maximum atomic E-state index is 13.2. The Morgan fingerprint density at radius 3 is 2.41 bits per heavy atom. The van der Waals surface area contributed by atoms with Gasteiger partial charge in [0.25, 0.3) is 5.91 Å². The summed E-state index contributed by atoms with van der Waals surface area (Å²) in [6.07, 6.45) is 4.42. The van der Waals surface area contributed by atoms with E-state index in [-0.39, 0.29) is 21.5 Å². The van der Waals surface area contributed by atoms with Crippen LogP contribution in [0.3, 0.4) is 0 Å². The number of hydrogen-bond acceptors (Lipinski definition) is 4. The van der Waals surface area contributed by atoms with Crippen LogP contribution in [0.25, 0.3) is 0 Å². The van der Waals surface area contributed by atoms with Gasteiger partial charge in [0.15, 0.2) is 0 Å². The van der Waals surface area contributed by atoms with Crippen molar-refractivity contribution < 1.29 is 17.9 Å². The highest BCUT2D eigenvalue weighted by molar-refractivity contribution is 7.89. The van der Waals surface area contributed by atoms with E-state index in [0.717, 1.165) is 42.6 Å². The molecule has 1 amide bonds. The molecule has 1 aliphatic rings. The lowest BCUT2D eigenvalue weighted by Crippen LogP contribution is -2.32. The number of carbonyl (C=O) groups is 1. The Morgan fingerprint density at radius 1 is 1.12 bits per heavy atom. The van der Waals surface area contributed by atoms with Crippen molar-refractivity contribution in [2.24, 2.45) is 0 Å². The summed E-state index contributed by atoms with van der Waals surface area (Å²) in [4.78, 5) is 13.2. The molecule has 174 valence electrons. The largest absolute Gasteiger partial charge is 0.496 e. The first-order valence-corrected chi connectivity index (χ1v) is 12.8. The van der Waals surface area contributed by atoms with Gasteiger partial charge in [-0.15, -0.1) is 0 Å². The van der Waals surface area contributed by atoms with Gasteiger partial charge in [-0.1, -0.05) is 43.5 Å². The Kier molecular flexibility index (Phi) is 8.20. The molecule has 1 fully saturated rings. The van der Waals surface area contributed by atoms with Crippen LogP contribution in [0.4, 0.5) is 0 Å². The molecule has 1 atom stereocenters. The molecule has 8 heteroatoms. The van der Waals surface area contributed by atoms with E-state index < -0.39 is 15.9 Å². The van der Waals surface area contributed by atoms with Crippen LogP contribution in [0.5, 0.6) is 5.75 Å². The maximum absolute atomic E-state index is 13.2. The molecule has 1 aliphatic heterocycles. The predicted octanol–water partition coefficient (Wildman–Crippen LogP) is 5.10. The Morgan fingerprint density at radius 2 is 1.81 bits per heavy atom. The standard InChI is InChI=1S/C24H31ClN2O4S/c1-4-22(18-9-12-23(31-3)17(2)15-18)26-24(28)20-16-19(10-11-21(20)25)32(29,30)27-13-7-5-6-8-14-27/h9-12,15-16,22H,4-8,13-14H2,1-3H3,(H,26,28). The molecule has 3 rings (SSSR count). The molecule has 0 saturated carbocycles. The van der Waals surface area contributed by atoms with E-state index in [1.54, 1.807) is 7.11 Å². The third-order valence-electron chi connectivity index (χ3n) is 5.92. The first-order chi connectivity index (χ1) is 15.3. The van der Waals surface area contributed by atoms with Gasteiger partial charge >= 0.3 is 0 Å². The van der Waals surface area contributed by atoms with Gasteiger partial charge in [-0.3, -0.25) is 4.79 Å². The molecule has 2 aromatic rings. The quantitative estimate of drug-likeness (QED) is 0.600. The normalized spacial score (nSPS) is 16.2. The van der Waals surface area contributed by atoms with Gasteiger partial charge in [0, 0.05) is 13.1 Å². The minimum Gasteiger partial charge on any atom is -0.496 e. The molecule has 0 bridgehead atoms. The van der Waals surface area contributed by atoms with Gasteiger partial charge in [-0.05, 0) is 61.6 Å². The molecule has 1 N–H and O–H groups in total. The molecule has 0 aromatic heterocycles. The highest BCUT2D eigenvalue weighted by atomic mass is 35.5. The molecule has 0 aliphatic carbocycles. The van der Waals surface area contributed by atoms with Gasteiger partial charge in [0.2, 0.25) is 10.0 Å². The van der Waals surface area contributed by atoms with Crippen LogP contribution in [0.2, 0.25) is 5.02 Å². The summed E-state index contributed by atoms with van der Waals surface area (Å²) in [7, 11) is -2.06. The third kappa shape index (κ3) is 5.45. The summed E-state index contributed by atoms with van der Waals surface area (Å²) >= 11 is 6.30. The van der Waals surface area contributed by atoms with E-state index in [2.05, 4.69) is 5.32 Å². The number of halogens is 1. The zero-order valence-electron chi connectivity index (χ0n) is 18.9. The average molecular weight is 479 g/mol. The van der Waals surface area contributed by atoms with Gasteiger partial charge in [0.1, 0.15) is 5.75 Å². The highest BCUT2D eigenvalue weighted by Gasteiger charge is 2.27. The van der Waals surface area contributed by atoms with E-state index in [1.807, 2.05) is 32.0 Å². The lowest BCUT2D eigenvalue weighted by molar-refractivity contribution is 0.0935. The monoisotopic (exact) mass is 478 g/mol. The fourth-order valence-corrected chi connectivity index (χ4v) is 5.79. The van der Waals surface area contributed by atoms with Crippen molar-refractivity contribution in [3.05, 3.63) is 58.1 Å². The predicted molar refractivity (Wildman–Crippen MR) is 127 cm³/mol. The van der Waals surface area contributed by atoms with E-state index in [9.17, 15) is 13.2 Å². The zero-order chi connectivity index (χ0) is 23.3. The highest BCUT2D eigenvalue weighted by Crippen LogP contribution is 2.27. The number of hydrogen-bond donors (Lipinski definition) is 1. The molecule has 0 radical (unpaired) electrons. The second-order valence-corrected chi connectivity index (χ2v) is 10.5. The Hall–Kier alpha value is -2.09. The van der Waals surface area contributed by atoms with Gasteiger partial charge in [-0.2, -0.15) is 4.31 Å². The Labute approximate surface area is 196 Å². The summed E-state index contributed by atoms with van der Waals surface area (Å²) in [5.41, 5.74) is 2.08. The van der Waals surface area contributed by atoms with Crippen LogP contribution >= 0.6 is 11.6 Å². The summed E-state index contributed by atoms with van der Waals surface area (Å²) in [6, 6.07) is 9.89. The number of methoxy groups -OCH3 is 1. The van der Waals surface area contributed by atoms with E-state index >= 15 is 0 Å². The van der Waals surface area contributed by atoms with Crippen molar-refractivity contribution in [2.75, 3.05) is 20.2 Å². The van der Waals surface area contributed by atoms with Crippen molar-refractivity contribution >= 4 is 27.5 Å².